The fraction of sp³-hybridized carbons (Fsp3) is 0.500. The van der Waals surface area contributed by atoms with Gasteiger partial charge in [0, 0.05) is 0 Å². The number of hydrogen-bond acceptors (Lipinski definition) is 0. The van der Waals surface area contributed by atoms with Gasteiger partial charge in [0.05, 0.1) is 0 Å². The summed E-state index contributed by atoms with van der Waals surface area (Å²) in [4.78, 5) is 0. The highest BCUT2D eigenvalue weighted by atomic mass is 14.2. The molecule has 0 heteroatoms. The van der Waals surface area contributed by atoms with E-state index in [0.29, 0.717) is 0 Å². The van der Waals surface area contributed by atoms with Crippen LogP contribution in [0.2, 0.25) is 0 Å². The van der Waals surface area contributed by atoms with Gasteiger partial charge in [-0.2, -0.15) is 0 Å². The van der Waals surface area contributed by atoms with Gasteiger partial charge in [-0.15, -0.1) is 0 Å². The van der Waals surface area contributed by atoms with Crippen molar-refractivity contribution in [1.82, 2.24) is 0 Å². The van der Waals surface area contributed by atoms with Crippen LogP contribution in [-0.2, 0) is 19.3 Å². The minimum absolute atomic E-state index is 1.17. The third kappa shape index (κ3) is 1.16. The number of benzene rings is 1. The molecule has 0 radical (unpaired) electrons. The monoisotopic (exact) mass is 160 g/mol. The number of rotatable bonds is 1. The van der Waals surface area contributed by atoms with Crippen LogP contribution in [0.5, 0.6) is 0 Å². The summed E-state index contributed by atoms with van der Waals surface area (Å²) in [7, 11) is 0. The molecule has 0 aromatic heterocycles. The zero-order valence-corrected chi connectivity index (χ0v) is 7.98. The lowest BCUT2D eigenvalue weighted by Crippen LogP contribution is -1.91. The van der Waals surface area contributed by atoms with Crippen LogP contribution in [0.25, 0.3) is 0 Å². The first kappa shape index (κ1) is 7.85. The molecule has 2 rings (SSSR count). The van der Waals surface area contributed by atoms with Crippen molar-refractivity contribution in [3.63, 3.8) is 0 Å². The molecule has 64 valence electrons. The molecule has 1 aliphatic carbocycles. The zero-order valence-electron chi connectivity index (χ0n) is 7.98. The van der Waals surface area contributed by atoms with Crippen LogP contribution in [0.15, 0.2) is 12.1 Å². The maximum atomic E-state index is 2.40. The summed E-state index contributed by atoms with van der Waals surface area (Å²) in [6.07, 6.45) is 5.16. The lowest BCUT2D eigenvalue weighted by atomic mass is 10.00. The number of fused-ring (bicyclic) bond motifs is 1. The topological polar surface area (TPSA) is 0 Å². The Bertz CT molecular complexity index is 297. The van der Waals surface area contributed by atoms with Gasteiger partial charge in [-0.3, -0.25) is 0 Å². The molecule has 0 spiro atoms. The molecule has 0 saturated heterocycles. The van der Waals surface area contributed by atoms with Crippen LogP contribution >= 0.6 is 0 Å². The second-order valence-electron chi connectivity index (χ2n) is 3.76. The van der Waals surface area contributed by atoms with Crippen molar-refractivity contribution in [1.29, 1.82) is 0 Å². The molecule has 0 saturated carbocycles. The lowest BCUT2D eigenvalue weighted by molar-refractivity contribution is 0.909. The first-order chi connectivity index (χ1) is 5.81. The maximum Gasteiger partial charge on any atom is -0.0270 e. The summed E-state index contributed by atoms with van der Waals surface area (Å²) >= 11 is 0. The van der Waals surface area contributed by atoms with Gasteiger partial charge >= 0.3 is 0 Å². The second-order valence-corrected chi connectivity index (χ2v) is 3.76. The Morgan fingerprint density at radius 1 is 1.25 bits per heavy atom. The molecule has 1 aromatic rings. The molecule has 0 heterocycles. The van der Waals surface area contributed by atoms with Crippen LogP contribution in [0.4, 0.5) is 0 Å². The molecular weight excluding hydrogens is 144 g/mol. The maximum absolute atomic E-state index is 2.40. The van der Waals surface area contributed by atoms with Crippen molar-refractivity contribution in [3.8, 4) is 0 Å². The predicted octanol–water partition coefficient (Wildman–Crippen LogP) is 3.05. The van der Waals surface area contributed by atoms with Gasteiger partial charge in [-0.1, -0.05) is 19.1 Å². The Kier molecular flexibility index (Phi) is 1.92. The first-order valence-electron chi connectivity index (χ1n) is 4.92. The lowest BCUT2D eigenvalue weighted by Gasteiger charge is -2.06. The highest BCUT2D eigenvalue weighted by Crippen LogP contribution is 2.26. The van der Waals surface area contributed by atoms with Gasteiger partial charge in [0.25, 0.3) is 0 Å². The Morgan fingerprint density at radius 2 is 2.08 bits per heavy atom. The fourth-order valence-electron chi connectivity index (χ4n) is 2.21. The molecule has 1 aromatic carbocycles. The molecule has 0 amide bonds. The van der Waals surface area contributed by atoms with E-state index in [1.165, 1.54) is 36.8 Å². The third-order valence-corrected chi connectivity index (χ3v) is 2.91. The quantitative estimate of drug-likeness (QED) is 0.592. The van der Waals surface area contributed by atoms with Crippen molar-refractivity contribution in [2.75, 3.05) is 0 Å². The van der Waals surface area contributed by atoms with Crippen molar-refractivity contribution in [3.05, 3.63) is 34.4 Å². The molecule has 0 aliphatic heterocycles. The summed E-state index contributed by atoms with van der Waals surface area (Å²) < 4.78 is 0. The Labute approximate surface area is 74.6 Å². The van der Waals surface area contributed by atoms with E-state index in [9.17, 15) is 0 Å². The second kappa shape index (κ2) is 2.93. The van der Waals surface area contributed by atoms with Gasteiger partial charge in [0.1, 0.15) is 0 Å². The third-order valence-electron chi connectivity index (χ3n) is 2.91. The SMILES string of the molecule is CCc1cc(C)c2c(c1)CCC2. The van der Waals surface area contributed by atoms with Crippen LogP contribution in [0, 0.1) is 6.92 Å². The molecular formula is C12H16. The van der Waals surface area contributed by atoms with E-state index >= 15 is 0 Å². The highest BCUT2D eigenvalue weighted by molar-refractivity contribution is 5.41. The standard InChI is InChI=1S/C12H16/c1-3-10-7-9(2)12-6-4-5-11(12)8-10/h7-8H,3-6H2,1-2H3. The predicted molar refractivity (Wildman–Crippen MR) is 52.6 cm³/mol. The summed E-state index contributed by atoms with van der Waals surface area (Å²) in [6.45, 7) is 4.49. The number of aryl methyl sites for hydroxylation is 3. The van der Waals surface area contributed by atoms with E-state index in [1.54, 1.807) is 11.1 Å². The highest BCUT2D eigenvalue weighted by Gasteiger charge is 2.13. The van der Waals surface area contributed by atoms with Crippen LogP contribution in [-0.4, -0.2) is 0 Å². The van der Waals surface area contributed by atoms with Gasteiger partial charge in [-0.05, 0) is 54.9 Å². The van der Waals surface area contributed by atoms with Gasteiger partial charge in [0.15, 0.2) is 0 Å². The zero-order chi connectivity index (χ0) is 8.55. The molecule has 0 N–H and O–H groups in total. The summed E-state index contributed by atoms with van der Waals surface area (Å²) in [5.41, 5.74) is 6.27. The fourth-order valence-corrected chi connectivity index (χ4v) is 2.21. The minimum atomic E-state index is 1.17. The number of hydrogen-bond donors (Lipinski definition) is 0. The van der Waals surface area contributed by atoms with Crippen molar-refractivity contribution in [2.24, 2.45) is 0 Å². The Morgan fingerprint density at radius 3 is 2.83 bits per heavy atom. The van der Waals surface area contributed by atoms with Crippen LogP contribution < -0.4 is 0 Å². The van der Waals surface area contributed by atoms with Crippen molar-refractivity contribution >= 4 is 0 Å². The molecule has 12 heavy (non-hydrogen) atoms. The van der Waals surface area contributed by atoms with E-state index in [4.69, 9.17) is 0 Å². The summed E-state index contributed by atoms with van der Waals surface area (Å²) in [5.74, 6) is 0. The first-order valence-corrected chi connectivity index (χ1v) is 4.92. The van der Waals surface area contributed by atoms with Gasteiger partial charge in [-0.25, -0.2) is 0 Å². The minimum Gasteiger partial charge on any atom is -0.0613 e. The molecule has 0 atom stereocenters. The van der Waals surface area contributed by atoms with E-state index in [0.717, 1.165) is 0 Å². The molecule has 1 aliphatic rings. The largest absolute Gasteiger partial charge is 0.0613 e. The molecule has 0 bridgehead atoms. The Hall–Kier alpha value is -0.780. The average Bonchev–Trinajstić information content (AvgIpc) is 2.52. The average molecular weight is 160 g/mol. The van der Waals surface area contributed by atoms with Crippen molar-refractivity contribution in [2.45, 2.75) is 39.5 Å². The van der Waals surface area contributed by atoms with Gasteiger partial charge in [0.2, 0.25) is 0 Å². The Balaban J connectivity index is 2.51. The molecule has 0 nitrogen and oxygen atoms in total. The summed E-state index contributed by atoms with van der Waals surface area (Å²) in [6, 6.07) is 4.75. The van der Waals surface area contributed by atoms with Gasteiger partial charge < -0.3 is 0 Å². The molecule has 0 fully saturated rings. The van der Waals surface area contributed by atoms with Crippen molar-refractivity contribution < 1.29 is 0 Å². The molecule has 0 unspecified atom stereocenters. The normalized spacial score (nSPS) is 14.8. The van der Waals surface area contributed by atoms with E-state index in [1.807, 2.05) is 0 Å². The van der Waals surface area contributed by atoms with E-state index < -0.39 is 0 Å². The van der Waals surface area contributed by atoms with E-state index in [2.05, 4.69) is 26.0 Å². The smallest absolute Gasteiger partial charge is 0.0270 e. The van der Waals surface area contributed by atoms with E-state index in [-0.39, 0.29) is 0 Å². The van der Waals surface area contributed by atoms with Crippen LogP contribution in [0.3, 0.4) is 0 Å². The van der Waals surface area contributed by atoms with Crippen LogP contribution in [0.1, 0.15) is 35.6 Å². The summed E-state index contributed by atoms with van der Waals surface area (Å²) in [5, 5.41) is 0.